The number of carboxylic acids is 1. The molecule has 2 aromatic carbocycles. The number of carbonyl (C=O) groups excluding carboxylic acids is 1. The van der Waals surface area contributed by atoms with Crippen LogP contribution in [0.3, 0.4) is 0 Å². The number of amides is 1. The highest BCUT2D eigenvalue weighted by Crippen LogP contribution is 2.31. The number of rotatable bonds is 6. The van der Waals surface area contributed by atoms with Crippen LogP contribution in [0, 0.1) is 5.82 Å². The molecule has 3 N–H and O–H groups in total. The van der Waals surface area contributed by atoms with Crippen LogP contribution in [0.5, 0.6) is 5.88 Å². The van der Waals surface area contributed by atoms with Gasteiger partial charge in [0, 0.05) is 6.07 Å². The molecule has 0 aliphatic carbocycles. The lowest BCUT2D eigenvalue weighted by Crippen LogP contribution is -2.30. The van der Waals surface area contributed by atoms with Crippen molar-refractivity contribution in [3.63, 3.8) is 0 Å². The monoisotopic (exact) mass is 437 g/mol. The van der Waals surface area contributed by atoms with Crippen molar-refractivity contribution >= 4 is 35.1 Å². The van der Waals surface area contributed by atoms with Crippen LogP contribution in [0.2, 0.25) is 10.0 Å². The summed E-state index contributed by atoms with van der Waals surface area (Å²) in [4.78, 5) is 23.9. The van der Waals surface area contributed by atoms with Gasteiger partial charge >= 0.3 is 5.97 Å². The zero-order chi connectivity index (χ0) is 21.1. The first-order valence-corrected chi connectivity index (χ1v) is 9.04. The van der Waals surface area contributed by atoms with Crippen LogP contribution in [0.25, 0.3) is 5.69 Å². The predicted octanol–water partition coefficient (Wildman–Crippen LogP) is 3.97. The fourth-order valence-electron chi connectivity index (χ4n) is 2.72. The number of aromatic nitrogens is 2. The van der Waals surface area contributed by atoms with Crippen molar-refractivity contribution in [1.29, 1.82) is 0 Å². The molecule has 0 bridgehead atoms. The molecule has 29 heavy (non-hydrogen) atoms. The number of nitrogens with one attached hydrogen (secondary N) is 1. The molecular formula is C19H14Cl2FN3O4. The van der Waals surface area contributed by atoms with Crippen molar-refractivity contribution in [3.05, 3.63) is 75.7 Å². The summed E-state index contributed by atoms with van der Waals surface area (Å²) < 4.78 is 14.8. The summed E-state index contributed by atoms with van der Waals surface area (Å²) >= 11 is 12.1. The van der Waals surface area contributed by atoms with Gasteiger partial charge in [-0.2, -0.15) is 9.78 Å². The summed E-state index contributed by atoms with van der Waals surface area (Å²) in [5.74, 6) is -3.06. The van der Waals surface area contributed by atoms with E-state index in [-0.39, 0.29) is 21.4 Å². The summed E-state index contributed by atoms with van der Waals surface area (Å²) in [7, 11) is 0. The third-order valence-corrected chi connectivity index (χ3v) is 4.88. The van der Waals surface area contributed by atoms with Gasteiger partial charge < -0.3 is 15.5 Å². The highest BCUT2D eigenvalue weighted by Gasteiger charge is 2.24. The third-order valence-electron chi connectivity index (χ3n) is 4.04. The molecule has 0 aliphatic heterocycles. The summed E-state index contributed by atoms with van der Waals surface area (Å²) in [6, 6.07) is 10.2. The van der Waals surface area contributed by atoms with Crippen LogP contribution in [-0.2, 0) is 4.79 Å². The average molecular weight is 438 g/mol. The molecule has 1 amide bonds. The molecule has 3 rings (SSSR count). The number of carboxylic acid groups (broad SMARTS) is 1. The Morgan fingerprint density at radius 1 is 1.17 bits per heavy atom. The highest BCUT2D eigenvalue weighted by molar-refractivity contribution is 6.42. The fourth-order valence-corrected chi connectivity index (χ4v) is 3.16. The van der Waals surface area contributed by atoms with E-state index in [1.54, 1.807) is 12.1 Å². The number of aliphatic carboxylic acids is 1. The largest absolute Gasteiger partial charge is 0.493 e. The minimum Gasteiger partial charge on any atom is -0.493 e. The molecule has 0 aliphatic rings. The van der Waals surface area contributed by atoms with Gasteiger partial charge in [-0.1, -0.05) is 47.5 Å². The van der Waals surface area contributed by atoms with Gasteiger partial charge in [0.1, 0.15) is 11.5 Å². The first-order chi connectivity index (χ1) is 13.8. The summed E-state index contributed by atoms with van der Waals surface area (Å²) in [6.07, 6.45) is -0.466. The molecule has 1 atom stereocenters. The van der Waals surface area contributed by atoms with Crippen LogP contribution in [0.4, 0.5) is 4.39 Å². The molecular weight excluding hydrogens is 424 g/mol. The van der Waals surface area contributed by atoms with Crippen LogP contribution >= 0.6 is 23.2 Å². The normalized spacial score (nSPS) is 11.8. The van der Waals surface area contributed by atoms with Crippen LogP contribution in [0.1, 0.15) is 28.5 Å². The Morgan fingerprint density at radius 2 is 1.90 bits per heavy atom. The van der Waals surface area contributed by atoms with Crippen molar-refractivity contribution in [1.82, 2.24) is 15.1 Å². The smallest absolute Gasteiger partial charge is 0.305 e. The summed E-state index contributed by atoms with van der Waals surface area (Å²) in [5, 5.41) is 26.0. The van der Waals surface area contributed by atoms with E-state index in [1.165, 1.54) is 30.3 Å². The fraction of sp³-hybridized carbons (Fsp3) is 0.105. The molecule has 0 unspecified atom stereocenters. The van der Waals surface area contributed by atoms with Gasteiger partial charge in [-0.15, -0.1) is 0 Å². The Hall–Kier alpha value is -3.10. The molecule has 7 nitrogen and oxygen atoms in total. The molecule has 0 fully saturated rings. The number of hydrogen-bond donors (Lipinski definition) is 3. The molecule has 0 spiro atoms. The second-order valence-electron chi connectivity index (χ2n) is 6.02. The third kappa shape index (κ3) is 4.49. The number of carbonyl (C=O) groups is 2. The van der Waals surface area contributed by atoms with Crippen LogP contribution in [-0.4, -0.2) is 31.9 Å². The van der Waals surface area contributed by atoms with E-state index in [0.29, 0.717) is 5.56 Å². The Labute approximate surface area is 174 Å². The van der Waals surface area contributed by atoms with Gasteiger partial charge in [0.15, 0.2) is 5.69 Å². The van der Waals surface area contributed by atoms with Gasteiger partial charge in [0.05, 0.1) is 22.5 Å². The Morgan fingerprint density at radius 3 is 2.59 bits per heavy atom. The number of nitrogens with zero attached hydrogens (tertiary/aromatic N) is 2. The molecule has 10 heteroatoms. The van der Waals surface area contributed by atoms with Gasteiger partial charge in [-0.25, -0.2) is 4.39 Å². The Balaban J connectivity index is 1.91. The van der Waals surface area contributed by atoms with E-state index in [1.807, 2.05) is 0 Å². The Bertz CT molecular complexity index is 1090. The van der Waals surface area contributed by atoms with Crippen LogP contribution in [0.15, 0.2) is 48.5 Å². The van der Waals surface area contributed by atoms with Crippen molar-refractivity contribution in [2.75, 3.05) is 0 Å². The second kappa shape index (κ2) is 8.50. The highest BCUT2D eigenvalue weighted by atomic mass is 35.5. The van der Waals surface area contributed by atoms with Crippen molar-refractivity contribution in [3.8, 4) is 11.6 Å². The summed E-state index contributed by atoms with van der Waals surface area (Å²) in [5.41, 5.74) is 0.0241. The molecule has 0 saturated heterocycles. The maximum absolute atomic E-state index is 14.0. The number of aromatic hydroxyl groups is 1. The number of hydrogen-bond acceptors (Lipinski definition) is 4. The lowest BCUT2D eigenvalue weighted by molar-refractivity contribution is -0.137. The number of benzene rings is 2. The van der Waals surface area contributed by atoms with E-state index < -0.39 is 36.0 Å². The van der Waals surface area contributed by atoms with Gasteiger partial charge in [0.2, 0.25) is 5.88 Å². The lowest BCUT2D eigenvalue weighted by atomic mass is 10.0. The first-order valence-electron chi connectivity index (χ1n) is 8.28. The maximum Gasteiger partial charge on any atom is 0.305 e. The van der Waals surface area contributed by atoms with E-state index in [2.05, 4.69) is 10.4 Å². The lowest BCUT2D eigenvalue weighted by Gasteiger charge is -2.18. The quantitative estimate of drug-likeness (QED) is 0.541. The second-order valence-corrected chi connectivity index (χ2v) is 6.80. The Kier molecular flexibility index (Phi) is 6.05. The SMILES string of the molecule is O=C(O)C[C@H](NC(=O)c1cc(O)n(-c2ccccc2F)n1)c1cccc(Cl)c1Cl. The summed E-state index contributed by atoms with van der Waals surface area (Å²) in [6.45, 7) is 0. The zero-order valence-electron chi connectivity index (χ0n) is 14.6. The number of para-hydroxylation sites is 1. The van der Waals surface area contributed by atoms with E-state index in [4.69, 9.17) is 23.2 Å². The average Bonchev–Trinajstić information content (AvgIpc) is 3.05. The van der Waals surface area contributed by atoms with E-state index in [9.17, 15) is 24.2 Å². The molecule has 150 valence electrons. The maximum atomic E-state index is 14.0. The molecule has 0 radical (unpaired) electrons. The van der Waals surface area contributed by atoms with Crippen molar-refractivity contribution in [2.45, 2.75) is 12.5 Å². The standard InChI is InChI=1S/C19H14Cl2FN3O4/c20-11-5-3-4-10(18(11)21)13(9-17(27)28)23-19(29)14-8-16(26)25(24-14)15-7-2-1-6-12(15)22/h1-8,13,26H,9H2,(H,23,29)(H,27,28)/t13-/m0/s1. The minimum absolute atomic E-state index is 0.0518. The predicted molar refractivity (Wildman–Crippen MR) is 104 cm³/mol. The van der Waals surface area contributed by atoms with Gasteiger partial charge in [-0.05, 0) is 23.8 Å². The minimum atomic E-state index is -1.17. The van der Waals surface area contributed by atoms with Gasteiger partial charge in [0.25, 0.3) is 5.91 Å². The van der Waals surface area contributed by atoms with Crippen molar-refractivity contribution < 1.29 is 24.2 Å². The molecule has 1 aromatic heterocycles. The zero-order valence-corrected chi connectivity index (χ0v) is 16.2. The van der Waals surface area contributed by atoms with E-state index in [0.717, 1.165) is 10.7 Å². The first kappa shape index (κ1) is 20.6. The van der Waals surface area contributed by atoms with Gasteiger partial charge in [-0.3, -0.25) is 9.59 Å². The molecule has 3 aromatic rings. The number of halogens is 3. The topological polar surface area (TPSA) is 104 Å². The molecule has 1 heterocycles. The van der Waals surface area contributed by atoms with Crippen molar-refractivity contribution in [2.24, 2.45) is 0 Å². The molecule has 0 saturated carbocycles. The van der Waals surface area contributed by atoms with Crippen LogP contribution < -0.4 is 5.32 Å². The van der Waals surface area contributed by atoms with E-state index >= 15 is 0 Å².